The Kier molecular flexibility index (Phi) is 6.46. The summed E-state index contributed by atoms with van der Waals surface area (Å²) in [7, 11) is -2.86. The Morgan fingerprint density at radius 3 is 1.55 bits per heavy atom. The number of hydrogen-bond donors (Lipinski definition) is 1. The molecule has 0 atom stereocenters. The SMILES string of the molecule is O=[S-](=O)O.[C-]1=CC2=NC1=CC1=NC(=CC3=NC(=CC4=NC(=C2)C=C4)C=C3)C=C1.[Fe+2]. The summed E-state index contributed by atoms with van der Waals surface area (Å²) < 4.78 is 24.1. The fourth-order valence-electron chi connectivity index (χ4n) is 2.76. The topological polar surface area (TPSA) is 104 Å². The number of rotatable bonds is 0. The van der Waals surface area contributed by atoms with Gasteiger partial charge in [0.25, 0.3) is 0 Å². The fraction of sp³-hybridized carbons (Fsp3) is 0. The van der Waals surface area contributed by atoms with Crippen LogP contribution in [0.15, 0.2) is 110 Å². The average Bonchev–Trinajstić information content (AvgIpc) is 3.39. The fourth-order valence-corrected chi connectivity index (χ4v) is 2.76. The van der Waals surface area contributed by atoms with Gasteiger partial charge in [-0.1, -0.05) is 11.8 Å². The number of allylic oxidation sites excluding steroid dienone is 12. The first-order valence-electron chi connectivity index (χ1n) is 8.17. The van der Waals surface area contributed by atoms with Crippen LogP contribution in [0.25, 0.3) is 0 Å². The molecule has 5 heterocycles. The van der Waals surface area contributed by atoms with Gasteiger partial charge in [-0.2, -0.15) is 6.08 Å². The van der Waals surface area contributed by atoms with Crippen LogP contribution in [0.3, 0.4) is 0 Å². The largest absolute Gasteiger partial charge is 2.00 e. The maximum Gasteiger partial charge on any atom is 2.00 e. The van der Waals surface area contributed by atoms with E-state index in [4.69, 9.17) is 13.0 Å². The number of fused-ring (bicyclic) bond motifs is 4. The Bertz CT molecular complexity index is 1010. The van der Waals surface area contributed by atoms with Crippen LogP contribution in [0.1, 0.15) is 0 Å². The summed E-state index contributed by atoms with van der Waals surface area (Å²) in [6.45, 7) is 0. The van der Waals surface area contributed by atoms with E-state index in [9.17, 15) is 0 Å². The van der Waals surface area contributed by atoms with Crippen molar-refractivity contribution >= 4 is 33.8 Å². The van der Waals surface area contributed by atoms with Gasteiger partial charge in [-0.15, -0.1) is 12.2 Å². The molecule has 5 aliphatic heterocycles. The summed E-state index contributed by atoms with van der Waals surface area (Å²) in [6, 6.07) is 0. The molecule has 144 valence electrons. The van der Waals surface area contributed by atoms with E-state index in [2.05, 4.69) is 26.0 Å². The molecule has 5 rings (SSSR count). The molecule has 0 aromatic rings. The van der Waals surface area contributed by atoms with Crippen molar-refractivity contribution in [3.8, 4) is 0 Å². The molecule has 0 radical (unpaired) electrons. The van der Waals surface area contributed by atoms with Crippen molar-refractivity contribution in [1.82, 2.24) is 0 Å². The normalized spacial score (nSPS) is 19.9. The number of aliphatic imine (C=N–C) groups is 4. The molecule has 0 spiro atoms. The average molecular weight is 444 g/mol. The first-order chi connectivity index (χ1) is 13.5. The minimum Gasteiger partial charge on any atom is -0.439 e. The molecule has 5 aliphatic rings. The molecule has 9 heteroatoms. The molecule has 0 aromatic heterocycles. The zero-order valence-electron chi connectivity index (χ0n) is 14.7. The molecule has 1 N–H and O–H groups in total. The van der Waals surface area contributed by atoms with E-state index >= 15 is 0 Å². The summed E-state index contributed by atoms with van der Waals surface area (Å²) >= 11 is 0. The predicted molar refractivity (Wildman–Crippen MR) is 109 cm³/mol. The summed E-state index contributed by atoms with van der Waals surface area (Å²) in [5, 5.41) is 0. The molecule has 0 aromatic carbocycles. The van der Waals surface area contributed by atoms with Crippen molar-refractivity contribution in [1.29, 1.82) is 0 Å². The Morgan fingerprint density at radius 2 is 1.07 bits per heavy atom. The summed E-state index contributed by atoms with van der Waals surface area (Å²) in [5.41, 5.74) is 6.88. The van der Waals surface area contributed by atoms with Crippen molar-refractivity contribution in [2.45, 2.75) is 0 Å². The third kappa shape index (κ3) is 5.52. The van der Waals surface area contributed by atoms with Gasteiger partial charge in [-0.25, -0.2) is 4.99 Å². The second kappa shape index (κ2) is 9.02. The third-order valence-electron chi connectivity index (χ3n) is 3.84. The molecular weight excluding hydrogens is 432 g/mol. The van der Waals surface area contributed by atoms with E-state index in [0.717, 1.165) is 45.6 Å². The molecular formula is C20H12FeN4O3S. The van der Waals surface area contributed by atoms with Crippen molar-refractivity contribution < 1.29 is 30.0 Å². The Labute approximate surface area is 179 Å². The smallest absolute Gasteiger partial charge is 0.439 e. The van der Waals surface area contributed by atoms with Crippen LogP contribution in [-0.4, -0.2) is 27.4 Å². The van der Waals surface area contributed by atoms with Gasteiger partial charge in [-0.3, -0.25) is 9.98 Å². The van der Waals surface area contributed by atoms with E-state index < -0.39 is 11.0 Å². The molecule has 0 saturated heterocycles. The zero-order valence-corrected chi connectivity index (χ0v) is 16.6. The van der Waals surface area contributed by atoms with Crippen molar-refractivity contribution in [2.75, 3.05) is 0 Å². The number of hydrogen-bond acceptors (Lipinski definition) is 7. The predicted octanol–water partition coefficient (Wildman–Crippen LogP) is 3.15. The van der Waals surface area contributed by atoms with Gasteiger partial charge < -0.3 is 18.0 Å². The summed E-state index contributed by atoms with van der Waals surface area (Å²) in [6.07, 6.45) is 24.7. The standard InChI is InChI=1S/C20H11N4.Fe.HO3S/c1-2-14-10-16-5-6-18(23-16)12-20-8-7-19(24-20)11-17-4-3-15(22-17)9-13(1)21-14;;1-4(2)3/h1-7,9-12H;;(H,1,2,3)/q-1;+2;-1. The molecule has 0 saturated carbocycles. The van der Waals surface area contributed by atoms with Gasteiger partial charge in [0, 0.05) is 16.7 Å². The van der Waals surface area contributed by atoms with Gasteiger partial charge in [0.15, 0.2) is 0 Å². The van der Waals surface area contributed by atoms with Crippen LogP contribution in [-0.2, 0) is 36.5 Å². The molecule has 7 nitrogen and oxygen atoms in total. The van der Waals surface area contributed by atoms with E-state index in [1.807, 2.05) is 66.8 Å². The van der Waals surface area contributed by atoms with Gasteiger partial charge in [0.1, 0.15) is 0 Å². The van der Waals surface area contributed by atoms with Crippen molar-refractivity contribution in [3.63, 3.8) is 0 Å². The third-order valence-corrected chi connectivity index (χ3v) is 3.84. The van der Waals surface area contributed by atoms with Gasteiger partial charge in [-0.05, 0) is 54.3 Å². The van der Waals surface area contributed by atoms with Crippen LogP contribution >= 0.6 is 0 Å². The molecule has 0 unspecified atom stereocenters. The van der Waals surface area contributed by atoms with Gasteiger partial charge >= 0.3 is 17.1 Å². The summed E-state index contributed by atoms with van der Waals surface area (Å²) in [5.74, 6) is 0. The first kappa shape index (κ1) is 20.8. The minimum absolute atomic E-state index is 0. The maximum atomic E-state index is 8.56. The molecule has 29 heavy (non-hydrogen) atoms. The van der Waals surface area contributed by atoms with E-state index in [1.165, 1.54) is 0 Å². The Morgan fingerprint density at radius 1 is 0.655 bits per heavy atom. The van der Waals surface area contributed by atoms with Crippen LogP contribution < -0.4 is 0 Å². The van der Waals surface area contributed by atoms with E-state index in [-0.39, 0.29) is 17.1 Å². The van der Waals surface area contributed by atoms with E-state index in [0.29, 0.717) is 0 Å². The Balaban J connectivity index is 0.000000443. The summed E-state index contributed by atoms with van der Waals surface area (Å²) in [4.78, 5) is 18.3. The van der Waals surface area contributed by atoms with Crippen LogP contribution in [0, 0.1) is 6.08 Å². The first-order valence-corrected chi connectivity index (χ1v) is 9.21. The Hall–Kier alpha value is -2.97. The molecule has 0 amide bonds. The van der Waals surface area contributed by atoms with Crippen LogP contribution in [0.2, 0.25) is 0 Å². The number of nitrogens with zero attached hydrogens (tertiary/aromatic N) is 4. The molecule has 8 bridgehead atoms. The molecule has 0 aliphatic carbocycles. The van der Waals surface area contributed by atoms with Gasteiger partial charge in [0.2, 0.25) is 0 Å². The quantitative estimate of drug-likeness (QED) is 0.204. The van der Waals surface area contributed by atoms with E-state index in [1.54, 1.807) is 0 Å². The van der Waals surface area contributed by atoms with Crippen molar-refractivity contribution in [2.24, 2.45) is 20.0 Å². The zero-order chi connectivity index (χ0) is 19.5. The monoisotopic (exact) mass is 444 g/mol. The second-order valence-electron chi connectivity index (χ2n) is 5.89. The van der Waals surface area contributed by atoms with Crippen molar-refractivity contribution in [3.05, 3.63) is 95.7 Å². The maximum absolute atomic E-state index is 8.56. The molecule has 0 fully saturated rings. The van der Waals surface area contributed by atoms with Crippen LogP contribution in [0.5, 0.6) is 0 Å². The minimum atomic E-state index is -2.86. The second-order valence-corrected chi connectivity index (χ2v) is 6.32. The van der Waals surface area contributed by atoms with Gasteiger partial charge in [0.05, 0.1) is 28.5 Å². The van der Waals surface area contributed by atoms with Crippen LogP contribution in [0.4, 0.5) is 0 Å².